The van der Waals surface area contributed by atoms with Gasteiger partial charge < -0.3 is 0 Å². The summed E-state index contributed by atoms with van der Waals surface area (Å²) >= 11 is 0. The maximum Gasteiger partial charge on any atom is 0.0806 e. The maximum atomic E-state index is 3.40. The lowest BCUT2D eigenvalue weighted by molar-refractivity contribution is 0.397. The molecular weight excluding hydrogens is 625 g/mol. The van der Waals surface area contributed by atoms with Gasteiger partial charge in [-0.3, -0.25) is 0 Å². The van der Waals surface area contributed by atoms with E-state index in [1.54, 1.807) is 11.1 Å². The van der Waals surface area contributed by atoms with Gasteiger partial charge >= 0.3 is 0 Å². The van der Waals surface area contributed by atoms with Gasteiger partial charge in [0.25, 0.3) is 0 Å². The second kappa shape index (κ2) is 18.2. The highest BCUT2D eigenvalue weighted by atomic mass is 14.4. The monoisotopic (exact) mass is 703 g/mol. The van der Waals surface area contributed by atoms with Crippen molar-refractivity contribution in [2.75, 3.05) is 0 Å². The van der Waals surface area contributed by atoms with Crippen LogP contribution in [-0.4, -0.2) is 0 Å². The summed E-state index contributed by atoms with van der Waals surface area (Å²) in [6.45, 7) is 17.5. The van der Waals surface area contributed by atoms with Crippen LogP contribution >= 0.6 is 0 Å². The molecule has 0 atom stereocenters. The largest absolute Gasteiger partial charge is 0.0925 e. The maximum absolute atomic E-state index is 3.40. The molecule has 2 aliphatic rings. The molecule has 0 heteroatoms. The molecule has 6 rings (SSSR count). The number of rotatable bonds is 14. The Morgan fingerprint density at radius 3 is 1.19 bits per heavy atom. The van der Waals surface area contributed by atoms with E-state index in [-0.39, 0.29) is 20.8 Å². The van der Waals surface area contributed by atoms with Gasteiger partial charge in [-0.25, -0.2) is 0 Å². The van der Waals surface area contributed by atoms with Crippen LogP contribution in [0.5, 0.6) is 0 Å². The summed E-state index contributed by atoms with van der Waals surface area (Å²) in [6, 6.07) is 27.8. The van der Waals surface area contributed by atoms with Gasteiger partial charge in [0.15, 0.2) is 0 Å². The summed E-state index contributed by atoms with van der Waals surface area (Å²) in [5, 5.41) is 0. The van der Waals surface area contributed by atoms with E-state index in [2.05, 4.69) is 145 Å². The molecule has 0 heterocycles. The van der Waals surface area contributed by atoms with Crippen molar-refractivity contribution in [3.63, 3.8) is 0 Å². The van der Waals surface area contributed by atoms with Gasteiger partial charge in [-0.05, 0) is 111 Å². The predicted octanol–water partition coefficient (Wildman–Crippen LogP) is 16.4. The quantitative estimate of drug-likeness (QED) is 0.0906. The summed E-state index contributed by atoms with van der Waals surface area (Å²) in [5.74, 6) is 12.2. The van der Waals surface area contributed by atoms with E-state index in [0.717, 1.165) is 0 Å². The number of benzene rings is 4. The Morgan fingerprint density at radius 2 is 0.808 bits per heavy atom. The minimum atomic E-state index is -0.271. The molecule has 4 aromatic rings. The fraction of sp³-hybridized carbons (Fsp3) is 0.462. The van der Waals surface area contributed by atoms with Crippen LogP contribution < -0.4 is 0 Å². The Balaban J connectivity index is -0.000000999. The van der Waals surface area contributed by atoms with E-state index in [1.807, 2.05) is 6.92 Å². The highest BCUT2D eigenvalue weighted by molar-refractivity contribution is 5.84. The molecule has 0 nitrogen and oxygen atoms in total. The van der Waals surface area contributed by atoms with Crippen molar-refractivity contribution >= 4 is 0 Å². The van der Waals surface area contributed by atoms with Crippen LogP contribution in [-0.2, 0) is 10.8 Å². The molecule has 0 unspecified atom stereocenters. The summed E-state index contributed by atoms with van der Waals surface area (Å²) in [7, 11) is 0. The Labute approximate surface area is 328 Å². The first-order chi connectivity index (χ1) is 25.2. The van der Waals surface area contributed by atoms with Crippen molar-refractivity contribution in [3.8, 4) is 45.9 Å². The zero-order chi connectivity index (χ0) is 37.1. The fourth-order valence-electron chi connectivity index (χ4n) is 8.91. The van der Waals surface area contributed by atoms with Crippen LogP contribution in [0.2, 0.25) is 0 Å². The van der Waals surface area contributed by atoms with Crippen molar-refractivity contribution in [2.45, 2.75) is 156 Å². The third-order valence-corrected chi connectivity index (χ3v) is 11.8. The van der Waals surface area contributed by atoms with Gasteiger partial charge in [-0.2, -0.15) is 0 Å². The van der Waals surface area contributed by atoms with Crippen LogP contribution in [0.15, 0.2) is 72.8 Å². The smallest absolute Gasteiger partial charge is 0.0806 e. The van der Waals surface area contributed by atoms with E-state index in [1.165, 1.54) is 146 Å². The van der Waals surface area contributed by atoms with Crippen molar-refractivity contribution in [1.29, 1.82) is 0 Å². The molecule has 0 aromatic heterocycles. The molecule has 0 aliphatic heterocycles. The molecule has 0 radical (unpaired) electrons. The average molecular weight is 703 g/mol. The zero-order valence-electron chi connectivity index (χ0n) is 33.8. The molecule has 0 bridgehead atoms. The lowest BCUT2D eigenvalue weighted by atomic mass is 9.70. The number of hydrogen-bond donors (Lipinski definition) is 0. The molecule has 0 saturated heterocycles. The zero-order valence-corrected chi connectivity index (χ0v) is 33.8. The van der Waals surface area contributed by atoms with Gasteiger partial charge in [-0.15, -0.1) is 0 Å². The van der Waals surface area contributed by atoms with Crippen molar-refractivity contribution in [1.82, 2.24) is 0 Å². The summed E-state index contributed by atoms with van der Waals surface area (Å²) in [5.41, 5.74) is 16.8. The molecule has 286 valence electrons. The first-order valence-electron chi connectivity index (χ1n) is 20.6. The molecule has 52 heavy (non-hydrogen) atoms. The highest BCUT2D eigenvalue weighted by Crippen LogP contribution is 2.55. The molecule has 0 fully saturated rings. The first-order valence-corrected chi connectivity index (χ1v) is 20.6. The highest BCUT2D eigenvalue weighted by Gasteiger charge is 2.42. The van der Waals surface area contributed by atoms with Crippen molar-refractivity contribution in [3.05, 3.63) is 117 Å². The van der Waals surface area contributed by atoms with Crippen LogP contribution in [0, 0.1) is 51.4 Å². The van der Waals surface area contributed by atoms with Gasteiger partial charge in [0, 0.05) is 15.4 Å². The van der Waals surface area contributed by atoms with Gasteiger partial charge in [0.2, 0.25) is 0 Å². The van der Waals surface area contributed by atoms with E-state index in [4.69, 9.17) is 0 Å². The Morgan fingerprint density at radius 1 is 0.462 bits per heavy atom. The van der Waals surface area contributed by atoms with Gasteiger partial charge in [-0.1, -0.05) is 198 Å². The Bertz CT molecular complexity index is 1850. The van der Waals surface area contributed by atoms with Crippen LogP contribution in [0.4, 0.5) is 0 Å². The molecule has 4 aromatic carbocycles. The summed E-state index contributed by atoms with van der Waals surface area (Å²) in [6.07, 6.45) is 19.2. The third-order valence-electron chi connectivity index (χ3n) is 11.8. The van der Waals surface area contributed by atoms with Gasteiger partial charge in [0.05, 0.1) is 5.41 Å². The second-order valence-electron chi connectivity index (χ2n) is 16.1. The number of aryl methyl sites for hydroxylation is 4. The molecule has 0 amide bonds. The van der Waals surface area contributed by atoms with Gasteiger partial charge in [0.1, 0.15) is 0 Å². The standard InChI is InChI=1S/C31H46.C21H18.7H2/c1-5-7-9-11-13-15-21-31(22-16-14-12-10-8-6-2)29-23-25(3)17-19-27(29)28-20-18-26(4)24-30(28)31;1-5-6-7-12-21(4)19-13-15(2)8-10-17(19)18-11-9-16(3)14-20(18)21;;;;;;;/h17-20,23-24H,5-16,21-22H2,1-4H3;8-11,13-14H,1-4H3;7*1H. The lowest BCUT2D eigenvalue weighted by Crippen LogP contribution is -2.25. The molecule has 0 saturated carbocycles. The number of fused-ring (bicyclic) bond motifs is 6. The number of unbranched alkanes of at least 4 members (excludes halogenated alkanes) is 10. The lowest BCUT2D eigenvalue weighted by Gasteiger charge is -2.33. The van der Waals surface area contributed by atoms with E-state index in [0.29, 0.717) is 0 Å². The predicted molar refractivity (Wildman–Crippen MR) is 242 cm³/mol. The van der Waals surface area contributed by atoms with E-state index in [9.17, 15) is 0 Å². The minimum Gasteiger partial charge on any atom is -0.0925 e. The SMILES string of the molecule is CC#CC#CC1(C)c2cc(C)ccc2-c2ccc(C)cc21.CCCCCCCCC1(CCCCCCCC)c2cc(C)ccc2-c2ccc(C)cc21.[HH].[HH].[HH].[HH].[HH].[HH].[HH]. The average Bonchev–Trinajstić information content (AvgIpc) is 3.52. The normalized spacial score (nSPS) is 13.7. The van der Waals surface area contributed by atoms with Crippen molar-refractivity contribution in [2.24, 2.45) is 0 Å². The molecule has 2 aliphatic carbocycles. The number of hydrogen-bond acceptors (Lipinski definition) is 0. The molecule has 0 spiro atoms. The van der Waals surface area contributed by atoms with E-state index >= 15 is 0 Å². The topological polar surface area (TPSA) is 0 Å². The van der Waals surface area contributed by atoms with Crippen molar-refractivity contribution < 1.29 is 9.99 Å². The third kappa shape index (κ3) is 8.61. The summed E-state index contributed by atoms with van der Waals surface area (Å²) in [4.78, 5) is 0. The molecule has 0 N–H and O–H groups in total. The minimum absolute atomic E-state index is 0. The van der Waals surface area contributed by atoms with Crippen LogP contribution in [0.3, 0.4) is 0 Å². The Kier molecular flexibility index (Phi) is 13.7. The van der Waals surface area contributed by atoms with Crippen LogP contribution in [0.1, 0.15) is 172 Å². The fourth-order valence-corrected chi connectivity index (χ4v) is 8.91. The Hall–Kier alpha value is -4.00. The van der Waals surface area contributed by atoms with Crippen LogP contribution in [0.25, 0.3) is 22.3 Å². The molecular formula is C52H78. The first kappa shape index (κ1) is 39.2. The van der Waals surface area contributed by atoms with E-state index < -0.39 is 0 Å². The summed E-state index contributed by atoms with van der Waals surface area (Å²) < 4.78 is 0. The second-order valence-corrected chi connectivity index (χ2v) is 16.1.